The van der Waals surface area contributed by atoms with E-state index < -0.39 is 0 Å². The van der Waals surface area contributed by atoms with Gasteiger partial charge in [-0.2, -0.15) is 5.10 Å². The highest BCUT2D eigenvalue weighted by molar-refractivity contribution is 5.93. The van der Waals surface area contributed by atoms with Crippen molar-refractivity contribution in [3.8, 4) is 0 Å². The van der Waals surface area contributed by atoms with Gasteiger partial charge in [0.25, 0.3) is 5.91 Å². The molecule has 1 aromatic carbocycles. The first kappa shape index (κ1) is 15.3. The van der Waals surface area contributed by atoms with Gasteiger partial charge in [0.2, 0.25) is 0 Å². The Bertz CT molecular complexity index is 628. The van der Waals surface area contributed by atoms with E-state index in [-0.39, 0.29) is 5.91 Å². The van der Waals surface area contributed by atoms with Gasteiger partial charge in [-0.1, -0.05) is 12.1 Å². The van der Waals surface area contributed by atoms with E-state index in [1.165, 1.54) is 11.3 Å². The van der Waals surface area contributed by atoms with Crippen LogP contribution in [0.3, 0.4) is 0 Å². The van der Waals surface area contributed by atoms with Crippen LogP contribution in [0.5, 0.6) is 0 Å². The van der Waals surface area contributed by atoms with Crippen LogP contribution in [0.1, 0.15) is 32.9 Å². The van der Waals surface area contributed by atoms with Crippen LogP contribution < -0.4 is 10.6 Å². The monoisotopic (exact) mass is 286 g/mol. The molecule has 5 heteroatoms. The van der Waals surface area contributed by atoms with Crippen LogP contribution in [0.15, 0.2) is 24.3 Å². The number of benzene rings is 1. The summed E-state index contributed by atoms with van der Waals surface area (Å²) in [7, 11) is 3.60. The summed E-state index contributed by atoms with van der Waals surface area (Å²) in [5.41, 5.74) is 5.34. The number of aromatic nitrogens is 2. The highest BCUT2D eigenvalue weighted by Gasteiger charge is 2.08. The molecule has 5 nitrogen and oxygen atoms in total. The molecule has 0 spiro atoms. The van der Waals surface area contributed by atoms with Crippen LogP contribution in [0.4, 0.5) is 0 Å². The molecule has 0 saturated carbocycles. The van der Waals surface area contributed by atoms with Crippen LogP contribution in [0, 0.1) is 13.8 Å². The molecule has 2 N–H and O–H groups in total. The van der Waals surface area contributed by atoms with E-state index in [2.05, 4.69) is 22.7 Å². The summed E-state index contributed by atoms with van der Waals surface area (Å²) in [4.78, 5) is 11.5. The molecule has 1 amide bonds. The van der Waals surface area contributed by atoms with Gasteiger partial charge in [0.1, 0.15) is 0 Å². The molecule has 21 heavy (non-hydrogen) atoms. The van der Waals surface area contributed by atoms with Crippen LogP contribution in [-0.2, 0) is 20.1 Å². The maximum Gasteiger partial charge on any atom is 0.251 e. The van der Waals surface area contributed by atoms with E-state index in [0.29, 0.717) is 5.56 Å². The van der Waals surface area contributed by atoms with Gasteiger partial charge in [-0.15, -0.1) is 0 Å². The molecular formula is C16H22N4O. The predicted octanol–water partition coefficient (Wildman–Crippen LogP) is 1.69. The van der Waals surface area contributed by atoms with Crippen molar-refractivity contribution in [3.63, 3.8) is 0 Å². The zero-order valence-electron chi connectivity index (χ0n) is 13.0. The second kappa shape index (κ2) is 6.54. The minimum absolute atomic E-state index is 0.0591. The molecule has 0 bridgehead atoms. The van der Waals surface area contributed by atoms with Gasteiger partial charge in [0, 0.05) is 44.0 Å². The smallest absolute Gasteiger partial charge is 0.251 e. The Morgan fingerprint density at radius 2 is 1.86 bits per heavy atom. The number of nitrogens with one attached hydrogen (secondary N) is 2. The molecule has 0 fully saturated rings. The second-order valence-electron chi connectivity index (χ2n) is 5.15. The van der Waals surface area contributed by atoms with E-state index in [0.717, 1.165) is 24.3 Å². The Hall–Kier alpha value is -2.14. The van der Waals surface area contributed by atoms with Crippen molar-refractivity contribution in [3.05, 3.63) is 52.3 Å². The van der Waals surface area contributed by atoms with Crippen molar-refractivity contribution < 1.29 is 4.79 Å². The molecular weight excluding hydrogens is 264 g/mol. The fraction of sp³-hybridized carbons (Fsp3) is 0.375. The topological polar surface area (TPSA) is 59.0 Å². The maximum atomic E-state index is 11.5. The Labute approximate surface area is 125 Å². The molecule has 0 aliphatic carbocycles. The molecule has 0 atom stereocenters. The number of rotatable bonds is 5. The van der Waals surface area contributed by atoms with Crippen molar-refractivity contribution in [2.75, 3.05) is 7.05 Å². The summed E-state index contributed by atoms with van der Waals surface area (Å²) in [6.07, 6.45) is 0. The fourth-order valence-electron chi connectivity index (χ4n) is 2.32. The average molecular weight is 286 g/mol. The Morgan fingerprint density at radius 3 is 2.38 bits per heavy atom. The van der Waals surface area contributed by atoms with Gasteiger partial charge in [-0.3, -0.25) is 9.48 Å². The predicted molar refractivity (Wildman–Crippen MR) is 83.1 cm³/mol. The SMILES string of the molecule is CNC(=O)c1ccc(CNCc2c(C)nn(C)c2C)cc1. The van der Waals surface area contributed by atoms with E-state index in [4.69, 9.17) is 0 Å². The number of amides is 1. The number of hydrogen-bond acceptors (Lipinski definition) is 3. The second-order valence-corrected chi connectivity index (χ2v) is 5.15. The van der Waals surface area contributed by atoms with Crippen LogP contribution >= 0.6 is 0 Å². The number of carbonyl (C=O) groups is 1. The largest absolute Gasteiger partial charge is 0.355 e. The zero-order chi connectivity index (χ0) is 15.4. The molecule has 0 aliphatic rings. The van der Waals surface area contributed by atoms with Crippen molar-refractivity contribution >= 4 is 5.91 Å². The third-order valence-electron chi connectivity index (χ3n) is 3.73. The van der Waals surface area contributed by atoms with Gasteiger partial charge >= 0.3 is 0 Å². The lowest BCUT2D eigenvalue weighted by atomic mass is 10.1. The van der Waals surface area contributed by atoms with Gasteiger partial charge in [-0.25, -0.2) is 0 Å². The third-order valence-corrected chi connectivity index (χ3v) is 3.73. The van der Waals surface area contributed by atoms with E-state index in [9.17, 15) is 4.79 Å². The zero-order valence-corrected chi connectivity index (χ0v) is 13.0. The minimum Gasteiger partial charge on any atom is -0.355 e. The number of hydrogen-bond donors (Lipinski definition) is 2. The van der Waals surface area contributed by atoms with Gasteiger partial charge in [0.15, 0.2) is 0 Å². The average Bonchev–Trinajstić information content (AvgIpc) is 2.73. The van der Waals surface area contributed by atoms with Crippen LogP contribution in [0.2, 0.25) is 0 Å². The molecule has 0 aliphatic heterocycles. The minimum atomic E-state index is -0.0591. The van der Waals surface area contributed by atoms with Crippen LogP contribution in [-0.4, -0.2) is 22.7 Å². The van der Waals surface area contributed by atoms with Crippen LogP contribution in [0.25, 0.3) is 0 Å². The molecule has 2 rings (SSSR count). The lowest BCUT2D eigenvalue weighted by Gasteiger charge is -2.07. The maximum absolute atomic E-state index is 11.5. The van der Waals surface area contributed by atoms with Gasteiger partial charge < -0.3 is 10.6 Å². The molecule has 0 unspecified atom stereocenters. The van der Waals surface area contributed by atoms with Gasteiger partial charge in [-0.05, 0) is 31.5 Å². The van der Waals surface area contributed by atoms with Crippen molar-refractivity contribution in [2.45, 2.75) is 26.9 Å². The van der Waals surface area contributed by atoms with Crippen molar-refractivity contribution in [1.29, 1.82) is 0 Å². The van der Waals surface area contributed by atoms with E-state index >= 15 is 0 Å². The van der Waals surface area contributed by atoms with Crippen molar-refractivity contribution in [1.82, 2.24) is 20.4 Å². The highest BCUT2D eigenvalue weighted by Crippen LogP contribution is 2.12. The summed E-state index contributed by atoms with van der Waals surface area (Å²) in [5.74, 6) is -0.0591. The third kappa shape index (κ3) is 3.49. The normalized spacial score (nSPS) is 10.7. The molecule has 2 aromatic rings. The summed E-state index contributed by atoms with van der Waals surface area (Å²) < 4.78 is 1.91. The van der Waals surface area contributed by atoms with Crippen molar-refractivity contribution in [2.24, 2.45) is 7.05 Å². The highest BCUT2D eigenvalue weighted by atomic mass is 16.1. The van der Waals surface area contributed by atoms with E-state index in [1.807, 2.05) is 42.9 Å². The molecule has 1 heterocycles. The number of aryl methyl sites for hydroxylation is 2. The number of carbonyl (C=O) groups excluding carboxylic acids is 1. The number of nitrogens with zero attached hydrogens (tertiary/aromatic N) is 2. The first-order valence-corrected chi connectivity index (χ1v) is 7.03. The lowest BCUT2D eigenvalue weighted by Crippen LogP contribution is -2.18. The summed E-state index contributed by atoms with van der Waals surface area (Å²) in [5, 5.41) is 10.4. The Balaban J connectivity index is 1.93. The quantitative estimate of drug-likeness (QED) is 0.879. The molecule has 0 saturated heterocycles. The van der Waals surface area contributed by atoms with E-state index in [1.54, 1.807) is 7.05 Å². The summed E-state index contributed by atoms with van der Waals surface area (Å²) in [6, 6.07) is 7.63. The molecule has 112 valence electrons. The molecule has 0 radical (unpaired) electrons. The fourth-order valence-corrected chi connectivity index (χ4v) is 2.32. The Morgan fingerprint density at radius 1 is 1.19 bits per heavy atom. The standard InChI is InChI=1S/C16H22N4O/c1-11-15(12(2)20(4)19-11)10-18-9-13-5-7-14(8-6-13)16(21)17-3/h5-8,18H,9-10H2,1-4H3,(H,17,21). The molecule has 1 aromatic heterocycles. The Kier molecular flexibility index (Phi) is 4.75. The first-order chi connectivity index (χ1) is 10.0. The first-order valence-electron chi connectivity index (χ1n) is 7.03. The summed E-state index contributed by atoms with van der Waals surface area (Å²) in [6.45, 7) is 5.67. The summed E-state index contributed by atoms with van der Waals surface area (Å²) >= 11 is 0. The lowest BCUT2D eigenvalue weighted by molar-refractivity contribution is 0.0963. The van der Waals surface area contributed by atoms with Gasteiger partial charge in [0.05, 0.1) is 5.69 Å².